The van der Waals surface area contributed by atoms with Gasteiger partial charge in [0.25, 0.3) is 0 Å². The highest BCUT2D eigenvalue weighted by atomic mass is 16.4. The summed E-state index contributed by atoms with van der Waals surface area (Å²) >= 11 is 0. The molecular weight excluding hydrogens is 230 g/mol. The molecule has 1 saturated heterocycles. The van der Waals surface area contributed by atoms with Crippen LogP contribution in [-0.2, 0) is 4.79 Å². The summed E-state index contributed by atoms with van der Waals surface area (Å²) in [5.41, 5.74) is 0. The second-order valence-corrected chi connectivity index (χ2v) is 5.34. The Morgan fingerprint density at radius 3 is 2.28 bits per heavy atom. The molecule has 1 rings (SSSR count). The van der Waals surface area contributed by atoms with Crippen LogP contribution in [-0.4, -0.2) is 85.7 Å². The minimum atomic E-state index is -0.693. The minimum absolute atomic E-state index is 0.265. The van der Waals surface area contributed by atoms with E-state index in [0.717, 1.165) is 45.7 Å². The van der Waals surface area contributed by atoms with Gasteiger partial charge in [0.1, 0.15) is 0 Å². The Bertz CT molecular complexity index is 246. The first-order valence-electron chi connectivity index (χ1n) is 6.89. The summed E-state index contributed by atoms with van der Waals surface area (Å²) in [6.07, 6.45) is 2.63. The molecule has 1 heterocycles. The number of aliphatic carboxylic acids is 1. The Morgan fingerprint density at radius 1 is 1.11 bits per heavy atom. The van der Waals surface area contributed by atoms with Crippen molar-refractivity contribution in [3.8, 4) is 0 Å². The number of rotatable bonds is 7. The van der Waals surface area contributed by atoms with Crippen molar-refractivity contribution in [1.29, 1.82) is 0 Å². The number of hydrogen-bond donors (Lipinski definition) is 1. The fourth-order valence-electron chi connectivity index (χ4n) is 2.34. The molecule has 0 aromatic rings. The summed E-state index contributed by atoms with van der Waals surface area (Å²) < 4.78 is 0. The maximum Gasteiger partial charge on any atom is 0.304 e. The molecule has 0 aromatic carbocycles. The van der Waals surface area contributed by atoms with Gasteiger partial charge in [-0.1, -0.05) is 0 Å². The molecular formula is C13H27N3O2. The highest BCUT2D eigenvalue weighted by Crippen LogP contribution is 2.04. The molecule has 0 saturated carbocycles. The van der Waals surface area contributed by atoms with Crippen molar-refractivity contribution in [1.82, 2.24) is 14.7 Å². The summed E-state index contributed by atoms with van der Waals surface area (Å²) in [5, 5.41) is 8.69. The molecule has 0 spiro atoms. The first-order valence-corrected chi connectivity index (χ1v) is 6.89. The first kappa shape index (κ1) is 15.4. The lowest BCUT2D eigenvalue weighted by Crippen LogP contribution is -2.33. The second kappa shape index (κ2) is 8.45. The van der Waals surface area contributed by atoms with E-state index >= 15 is 0 Å². The lowest BCUT2D eigenvalue weighted by atomic mass is 10.3. The highest BCUT2D eigenvalue weighted by Gasteiger charge is 2.14. The molecule has 5 heteroatoms. The van der Waals surface area contributed by atoms with Crippen molar-refractivity contribution in [2.75, 3.05) is 59.9 Å². The van der Waals surface area contributed by atoms with Crippen LogP contribution in [0.2, 0.25) is 0 Å². The smallest absolute Gasteiger partial charge is 0.304 e. The van der Waals surface area contributed by atoms with Crippen LogP contribution in [0.4, 0.5) is 0 Å². The number of nitrogens with zero attached hydrogens (tertiary/aromatic N) is 3. The fraction of sp³-hybridized carbons (Fsp3) is 0.923. The molecule has 18 heavy (non-hydrogen) atoms. The van der Waals surface area contributed by atoms with Crippen molar-refractivity contribution < 1.29 is 9.90 Å². The van der Waals surface area contributed by atoms with Gasteiger partial charge in [0.2, 0.25) is 0 Å². The number of carbonyl (C=O) groups is 1. The maximum atomic E-state index is 10.6. The van der Waals surface area contributed by atoms with Crippen LogP contribution in [0.3, 0.4) is 0 Å². The van der Waals surface area contributed by atoms with Crippen molar-refractivity contribution in [3.05, 3.63) is 0 Å². The Hall–Kier alpha value is -0.650. The van der Waals surface area contributed by atoms with Crippen LogP contribution < -0.4 is 0 Å². The van der Waals surface area contributed by atoms with E-state index in [1.165, 1.54) is 6.42 Å². The van der Waals surface area contributed by atoms with Gasteiger partial charge in [-0.25, -0.2) is 0 Å². The van der Waals surface area contributed by atoms with E-state index in [2.05, 4.69) is 28.8 Å². The van der Waals surface area contributed by atoms with Gasteiger partial charge < -0.3 is 19.8 Å². The molecule has 106 valence electrons. The predicted molar refractivity (Wildman–Crippen MR) is 72.9 cm³/mol. The van der Waals surface area contributed by atoms with E-state index in [4.69, 9.17) is 5.11 Å². The summed E-state index contributed by atoms with van der Waals surface area (Å²) in [5.74, 6) is -0.693. The summed E-state index contributed by atoms with van der Waals surface area (Å²) in [6, 6.07) is 0. The standard InChI is InChI=1S/C13H27N3O2/c1-14(2)6-3-7-15-8-4-9-16(12-11-15)10-5-13(17)18/h3-12H2,1-2H3,(H,17,18). The van der Waals surface area contributed by atoms with Crippen molar-refractivity contribution in [2.24, 2.45) is 0 Å². The molecule has 0 unspecified atom stereocenters. The zero-order chi connectivity index (χ0) is 13.4. The van der Waals surface area contributed by atoms with E-state index in [1.807, 2.05) is 0 Å². The molecule has 1 aliphatic rings. The minimum Gasteiger partial charge on any atom is -0.481 e. The fourth-order valence-corrected chi connectivity index (χ4v) is 2.34. The third-order valence-corrected chi connectivity index (χ3v) is 3.40. The predicted octanol–water partition coefficient (Wildman–Crippen LogP) is 0.421. The third kappa shape index (κ3) is 6.93. The number of carboxylic acids is 1. The normalized spacial score (nSPS) is 19.1. The molecule has 0 amide bonds. The molecule has 1 N–H and O–H groups in total. The maximum absolute atomic E-state index is 10.6. The third-order valence-electron chi connectivity index (χ3n) is 3.40. The zero-order valence-electron chi connectivity index (χ0n) is 11.8. The summed E-state index contributed by atoms with van der Waals surface area (Å²) in [4.78, 5) is 17.6. The molecule has 0 aromatic heterocycles. The molecule has 0 bridgehead atoms. The van der Waals surface area contributed by atoms with E-state index in [0.29, 0.717) is 6.54 Å². The Balaban J connectivity index is 2.17. The van der Waals surface area contributed by atoms with Crippen molar-refractivity contribution in [3.63, 3.8) is 0 Å². The summed E-state index contributed by atoms with van der Waals surface area (Å²) in [7, 11) is 4.21. The van der Waals surface area contributed by atoms with Crippen LogP contribution >= 0.6 is 0 Å². The van der Waals surface area contributed by atoms with E-state index < -0.39 is 5.97 Å². The van der Waals surface area contributed by atoms with Gasteiger partial charge in [-0.2, -0.15) is 0 Å². The van der Waals surface area contributed by atoms with Gasteiger partial charge in [0, 0.05) is 19.6 Å². The van der Waals surface area contributed by atoms with E-state index in [9.17, 15) is 4.79 Å². The average molecular weight is 257 g/mol. The average Bonchev–Trinajstić information content (AvgIpc) is 2.51. The van der Waals surface area contributed by atoms with Crippen LogP contribution in [0.15, 0.2) is 0 Å². The molecule has 0 aliphatic carbocycles. The Labute approximate surface area is 110 Å². The van der Waals surface area contributed by atoms with Gasteiger partial charge in [-0.3, -0.25) is 4.79 Å². The van der Waals surface area contributed by atoms with Crippen LogP contribution in [0, 0.1) is 0 Å². The number of carboxylic acid groups (broad SMARTS) is 1. The number of hydrogen-bond acceptors (Lipinski definition) is 4. The molecule has 1 aliphatic heterocycles. The van der Waals surface area contributed by atoms with Crippen LogP contribution in [0.25, 0.3) is 0 Å². The molecule has 0 radical (unpaired) electrons. The van der Waals surface area contributed by atoms with Gasteiger partial charge in [0.05, 0.1) is 6.42 Å². The molecule has 1 fully saturated rings. The van der Waals surface area contributed by atoms with Crippen LogP contribution in [0.1, 0.15) is 19.3 Å². The van der Waals surface area contributed by atoms with Crippen LogP contribution in [0.5, 0.6) is 0 Å². The lowest BCUT2D eigenvalue weighted by molar-refractivity contribution is -0.137. The quantitative estimate of drug-likeness (QED) is 0.716. The van der Waals surface area contributed by atoms with Gasteiger partial charge in [-0.05, 0) is 53.1 Å². The first-order chi connectivity index (χ1) is 8.58. The zero-order valence-corrected chi connectivity index (χ0v) is 11.8. The second-order valence-electron chi connectivity index (χ2n) is 5.34. The van der Waals surface area contributed by atoms with E-state index in [-0.39, 0.29) is 6.42 Å². The molecule has 5 nitrogen and oxygen atoms in total. The van der Waals surface area contributed by atoms with Crippen molar-refractivity contribution >= 4 is 5.97 Å². The summed E-state index contributed by atoms with van der Waals surface area (Å²) in [6.45, 7) is 7.27. The highest BCUT2D eigenvalue weighted by molar-refractivity contribution is 5.66. The Morgan fingerprint density at radius 2 is 1.72 bits per heavy atom. The van der Waals surface area contributed by atoms with Crippen molar-refractivity contribution in [2.45, 2.75) is 19.3 Å². The monoisotopic (exact) mass is 257 g/mol. The Kier molecular flexibility index (Phi) is 7.23. The van der Waals surface area contributed by atoms with Gasteiger partial charge >= 0.3 is 5.97 Å². The van der Waals surface area contributed by atoms with Gasteiger partial charge in [-0.15, -0.1) is 0 Å². The largest absolute Gasteiger partial charge is 0.481 e. The topological polar surface area (TPSA) is 47.0 Å². The van der Waals surface area contributed by atoms with E-state index in [1.54, 1.807) is 0 Å². The SMILES string of the molecule is CN(C)CCCN1CCCN(CCC(=O)O)CC1. The molecule has 0 atom stereocenters. The van der Waals surface area contributed by atoms with Gasteiger partial charge in [0.15, 0.2) is 0 Å². The lowest BCUT2D eigenvalue weighted by Gasteiger charge is -2.22.